The van der Waals surface area contributed by atoms with E-state index in [1.54, 1.807) is 24.3 Å². The average Bonchev–Trinajstić information content (AvgIpc) is 2.45. The molecule has 0 saturated carbocycles. The van der Waals surface area contributed by atoms with Gasteiger partial charge in [-0.05, 0) is 11.6 Å². The molecule has 1 aromatic carbocycles. The molecule has 0 aliphatic heterocycles. The smallest absolute Gasteiger partial charge is 0.423 e. The summed E-state index contributed by atoms with van der Waals surface area (Å²) in [7, 11) is -1.62. The van der Waals surface area contributed by atoms with Crippen LogP contribution in [0.25, 0.3) is 0 Å². The molecule has 0 spiro atoms. The van der Waals surface area contributed by atoms with Crippen LogP contribution in [-0.2, 0) is 4.79 Å². The van der Waals surface area contributed by atoms with Crippen molar-refractivity contribution < 1.29 is 14.8 Å². The minimum atomic E-state index is -1.62. The van der Waals surface area contributed by atoms with Crippen LogP contribution in [0.5, 0.6) is 0 Å². The first kappa shape index (κ1) is 14.0. The summed E-state index contributed by atoms with van der Waals surface area (Å²) < 4.78 is 0. The molecule has 0 bridgehead atoms. The predicted octanol–water partition coefficient (Wildman–Crippen LogP) is -0.600. The maximum atomic E-state index is 11.6. The minimum Gasteiger partial charge on any atom is -0.423 e. The van der Waals surface area contributed by atoms with Crippen molar-refractivity contribution in [2.75, 3.05) is 5.32 Å². The topological polar surface area (TPSA) is 108 Å². The maximum absolute atomic E-state index is 11.6. The van der Waals surface area contributed by atoms with E-state index in [2.05, 4.69) is 10.3 Å². The molecule has 0 aliphatic rings. The van der Waals surface area contributed by atoms with Gasteiger partial charge in [0.15, 0.2) is 0 Å². The summed E-state index contributed by atoms with van der Waals surface area (Å²) >= 11 is 0. The molecular formula is C13H14BN3O3. The highest BCUT2D eigenvalue weighted by molar-refractivity contribution is 6.58. The SMILES string of the molecule is NC(=O)[C@H](Nc1cncc(B(O)O)c1)c1ccccc1. The summed E-state index contributed by atoms with van der Waals surface area (Å²) in [6.07, 6.45) is 2.81. The van der Waals surface area contributed by atoms with E-state index in [1.165, 1.54) is 18.5 Å². The van der Waals surface area contributed by atoms with E-state index >= 15 is 0 Å². The summed E-state index contributed by atoms with van der Waals surface area (Å²) in [4.78, 5) is 15.4. The van der Waals surface area contributed by atoms with Crippen LogP contribution >= 0.6 is 0 Å². The largest absolute Gasteiger partial charge is 0.490 e. The molecule has 1 amide bonds. The third-order valence-corrected chi connectivity index (χ3v) is 2.79. The van der Waals surface area contributed by atoms with Gasteiger partial charge >= 0.3 is 7.12 Å². The summed E-state index contributed by atoms with van der Waals surface area (Å²) in [6.45, 7) is 0. The lowest BCUT2D eigenvalue weighted by atomic mass is 9.81. The molecule has 0 unspecified atom stereocenters. The number of nitrogens with two attached hydrogens (primary N) is 1. The first-order valence-corrected chi connectivity index (χ1v) is 6.00. The number of benzene rings is 1. The number of primary amides is 1. The van der Waals surface area contributed by atoms with Crippen molar-refractivity contribution in [3.05, 3.63) is 54.4 Å². The summed E-state index contributed by atoms with van der Waals surface area (Å²) in [5.74, 6) is -0.536. The number of nitrogens with zero attached hydrogens (tertiary/aromatic N) is 1. The lowest BCUT2D eigenvalue weighted by Gasteiger charge is -2.17. The van der Waals surface area contributed by atoms with Gasteiger partial charge in [-0.25, -0.2) is 0 Å². The highest BCUT2D eigenvalue weighted by Crippen LogP contribution is 2.18. The van der Waals surface area contributed by atoms with Crippen molar-refractivity contribution >= 4 is 24.2 Å². The molecule has 0 fully saturated rings. The van der Waals surface area contributed by atoms with Crippen LogP contribution in [0, 0.1) is 0 Å². The third kappa shape index (κ3) is 3.34. The number of nitrogens with one attached hydrogen (secondary N) is 1. The third-order valence-electron chi connectivity index (χ3n) is 2.79. The van der Waals surface area contributed by atoms with Crippen molar-refractivity contribution in [3.8, 4) is 0 Å². The minimum absolute atomic E-state index is 0.228. The standard InChI is InChI=1S/C13H14BN3O3/c15-13(18)12(9-4-2-1-3-5-9)17-11-6-10(14(19)20)7-16-8-11/h1-8,12,17,19-20H,(H2,15,18)/t12-/m1/s1. The van der Waals surface area contributed by atoms with Gasteiger partial charge in [-0.2, -0.15) is 0 Å². The molecule has 2 aromatic rings. The second-order valence-corrected chi connectivity index (χ2v) is 4.27. The van der Waals surface area contributed by atoms with Gasteiger partial charge in [-0.3, -0.25) is 9.78 Å². The zero-order chi connectivity index (χ0) is 14.5. The molecule has 2 rings (SSSR count). The van der Waals surface area contributed by atoms with E-state index in [0.29, 0.717) is 5.69 Å². The van der Waals surface area contributed by atoms with E-state index < -0.39 is 19.1 Å². The number of hydrogen-bond acceptors (Lipinski definition) is 5. The molecule has 1 heterocycles. The van der Waals surface area contributed by atoms with Gasteiger partial charge in [0.05, 0.1) is 5.69 Å². The van der Waals surface area contributed by atoms with Gasteiger partial charge in [0.25, 0.3) is 0 Å². The molecule has 6 nitrogen and oxygen atoms in total. The molecule has 1 atom stereocenters. The first-order valence-electron chi connectivity index (χ1n) is 6.00. The van der Waals surface area contributed by atoms with E-state index in [9.17, 15) is 4.79 Å². The Hall–Kier alpha value is -2.38. The lowest BCUT2D eigenvalue weighted by Crippen LogP contribution is -2.32. The Bertz CT molecular complexity index is 592. The van der Waals surface area contributed by atoms with Crippen molar-refractivity contribution in [2.45, 2.75) is 6.04 Å². The summed E-state index contributed by atoms with van der Waals surface area (Å²) in [6, 6.07) is 9.78. The second kappa shape index (κ2) is 6.18. The zero-order valence-corrected chi connectivity index (χ0v) is 10.6. The van der Waals surface area contributed by atoms with Crippen LogP contribution in [0.1, 0.15) is 11.6 Å². The van der Waals surface area contributed by atoms with E-state index in [4.69, 9.17) is 15.8 Å². The Labute approximate surface area is 116 Å². The second-order valence-electron chi connectivity index (χ2n) is 4.27. The van der Waals surface area contributed by atoms with Gasteiger partial charge in [-0.15, -0.1) is 0 Å². The molecule has 20 heavy (non-hydrogen) atoms. The van der Waals surface area contributed by atoms with Crippen molar-refractivity contribution in [2.24, 2.45) is 5.73 Å². The number of pyridine rings is 1. The Balaban J connectivity index is 2.25. The number of amides is 1. The highest BCUT2D eigenvalue weighted by Gasteiger charge is 2.18. The van der Waals surface area contributed by atoms with E-state index in [1.807, 2.05) is 6.07 Å². The van der Waals surface area contributed by atoms with Crippen LogP contribution in [-0.4, -0.2) is 28.1 Å². The van der Waals surface area contributed by atoms with Crippen molar-refractivity contribution in [1.29, 1.82) is 0 Å². The molecule has 1 aromatic heterocycles. The average molecular weight is 271 g/mol. The van der Waals surface area contributed by atoms with Crippen LogP contribution in [0.2, 0.25) is 0 Å². The fourth-order valence-corrected chi connectivity index (χ4v) is 1.81. The fourth-order valence-electron chi connectivity index (χ4n) is 1.81. The molecule has 102 valence electrons. The quantitative estimate of drug-likeness (QED) is 0.543. The molecule has 0 aliphatic carbocycles. The molecule has 0 radical (unpaired) electrons. The number of hydrogen-bond donors (Lipinski definition) is 4. The zero-order valence-electron chi connectivity index (χ0n) is 10.6. The number of carbonyl (C=O) groups is 1. The monoisotopic (exact) mass is 271 g/mol. The molecule has 5 N–H and O–H groups in total. The molecular weight excluding hydrogens is 257 g/mol. The van der Waals surface area contributed by atoms with Crippen LogP contribution in [0.15, 0.2) is 48.8 Å². The van der Waals surface area contributed by atoms with E-state index in [-0.39, 0.29) is 5.46 Å². The maximum Gasteiger partial charge on any atom is 0.490 e. The Morgan fingerprint density at radius 3 is 2.55 bits per heavy atom. The Kier molecular flexibility index (Phi) is 4.34. The number of aromatic nitrogens is 1. The van der Waals surface area contributed by atoms with Gasteiger partial charge in [-0.1, -0.05) is 30.3 Å². The van der Waals surface area contributed by atoms with Gasteiger partial charge < -0.3 is 21.1 Å². The summed E-state index contributed by atoms with van der Waals surface area (Å²) in [5.41, 5.74) is 6.81. The Morgan fingerprint density at radius 2 is 1.95 bits per heavy atom. The normalized spacial score (nSPS) is 11.7. The fraction of sp³-hybridized carbons (Fsp3) is 0.0769. The number of anilines is 1. The first-order chi connectivity index (χ1) is 9.58. The predicted molar refractivity (Wildman–Crippen MR) is 76.1 cm³/mol. The van der Waals surface area contributed by atoms with Crippen molar-refractivity contribution in [3.63, 3.8) is 0 Å². The van der Waals surface area contributed by atoms with Gasteiger partial charge in [0.1, 0.15) is 6.04 Å². The summed E-state index contributed by atoms with van der Waals surface area (Å²) in [5, 5.41) is 21.1. The van der Waals surface area contributed by atoms with Crippen LogP contribution in [0.3, 0.4) is 0 Å². The van der Waals surface area contributed by atoms with Gasteiger partial charge in [0, 0.05) is 17.9 Å². The van der Waals surface area contributed by atoms with Gasteiger partial charge in [0.2, 0.25) is 5.91 Å². The Morgan fingerprint density at radius 1 is 1.25 bits per heavy atom. The van der Waals surface area contributed by atoms with Crippen LogP contribution in [0.4, 0.5) is 5.69 Å². The van der Waals surface area contributed by atoms with E-state index in [0.717, 1.165) is 5.56 Å². The number of rotatable bonds is 5. The number of carbonyl (C=O) groups excluding carboxylic acids is 1. The molecule has 0 saturated heterocycles. The highest BCUT2D eigenvalue weighted by atomic mass is 16.4. The van der Waals surface area contributed by atoms with Crippen LogP contribution < -0.4 is 16.5 Å². The van der Waals surface area contributed by atoms with Crippen molar-refractivity contribution in [1.82, 2.24) is 4.98 Å². The lowest BCUT2D eigenvalue weighted by molar-refractivity contribution is -0.118. The molecule has 7 heteroatoms.